The normalized spacial score (nSPS) is 20.7. The van der Waals surface area contributed by atoms with E-state index in [9.17, 15) is 0 Å². The maximum atomic E-state index is 8.70. The molecule has 1 unspecified atom stereocenters. The summed E-state index contributed by atoms with van der Waals surface area (Å²) in [5, 5.41) is 11.7. The summed E-state index contributed by atoms with van der Waals surface area (Å²) in [7, 11) is 0. The van der Waals surface area contributed by atoms with Gasteiger partial charge in [-0.25, -0.2) is 0 Å². The van der Waals surface area contributed by atoms with Gasteiger partial charge in [0.1, 0.15) is 0 Å². The highest BCUT2D eigenvalue weighted by atomic mass is 32.2. The van der Waals surface area contributed by atoms with Gasteiger partial charge in [-0.2, -0.15) is 0 Å². The van der Waals surface area contributed by atoms with Gasteiger partial charge in [0.15, 0.2) is 5.84 Å². The van der Waals surface area contributed by atoms with Crippen LogP contribution in [0.25, 0.3) is 0 Å². The van der Waals surface area contributed by atoms with Gasteiger partial charge in [-0.1, -0.05) is 5.16 Å². The van der Waals surface area contributed by atoms with E-state index in [0.717, 1.165) is 30.1 Å². The van der Waals surface area contributed by atoms with Crippen LogP contribution in [-0.4, -0.2) is 34.5 Å². The average Bonchev–Trinajstić information content (AvgIpc) is 2.89. The van der Waals surface area contributed by atoms with Crippen molar-refractivity contribution in [2.24, 2.45) is 10.9 Å². The molecule has 0 amide bonds. The molecule has 5 nitrogen and oxygen atoms in total. The van der Waals surface area contributed by atoms with E-state index in [1.165, 1.54) is 0 Å². The standard InChI is InChI=1S/C11H15N3O2S/c12-11(14-15)9-3-4-13-6-10(9)17-7-8-2-1-5-16-8/h3-4,6,8,15H,1-2,5,7H2,(H2,12,14). The first-order valence-electron chi connectivity index (χ1n) is 5.47. The Kier molecular flexibility index (Phi) is 4.22. The molecule has 2 heterocycles. The summed E-state index contributed by atoms with van der Waals surface area (Å²) in [6.45, 7) is 0.853. The molecule has 17 heavy (non-hydrogen) atoms. The van der Waals surface area contributed by atoms with Crippen LogP contribution in [0.4, 0.5) is 0 Å². The summed E-state index contributed by atoms with van der Waals surface area (Å²) in [6.07, 6.45) is 5.90. The number of hydrogen-bond donors (Lipinski definition) is 2. The summed E-state index contributed by atoms with van der Waals surface area (Å²) >= 11 is 1.63. The van der Waals surface area contributed by atoms with Crippen molar-refractivity contribution in [3.63, 3.8) is 0 Å². The number of rotatable bonds is 4. The molecule has 0 aromatic carbocycles. The lowest BCUT2D eigenvalue weighted by atomic mass is 10.2. The van der Waals surface area contributed by atoms with E-state index in [2.05, 4.69) is 10.1 Å². The Balaban J connectivity index is 2.04. The zero-order chi connectivity index (χ0) is 12.1. The Morgan fingerprint density at radius 1 is 1.71 bits per heavy atom. The molecule has 1 aliphatic rings. The van der Waals surface area contributed by atoms with Gasteiger partial charge in [-0.15, -0.1) is 11.8 Å². The van der Waals surface area contributed by atoms with E-state index < -0.39 is 0 Å². The van der Waals surface area contributed by atoms with Crippen LogP contribution in [0.3, 0.4) is 0 Å². The first-order chi connectivity index (χ1) is 8.31. The zero-order valence-corrected chi connectivity index (χ0v) is 10.2. The molecule has 6 heteroatoms. The molecule has 1 aromatic rings. The first kappa shape index (κ1) is 12.2. The molecule has 1 aliphatic heterocycles. The number of oxime groups is 1. The highest BCUT2D eigenvalue weighted by molar-refractivity contribution is 7.99. The summed E-state index contributed by atoms with van der Waals surface area (Å²) < 4.78 is 5.55. The largest absolute Gasteiger partial charge is 0.409 e. The molecule has 1 atom stereocenters. The molecule has 1 aromatic heterocycles. The van der Waals surface area contributed by atoms with E-state index >= 15 is 0 Å². The van der Waals surface area contributed by atoms with Crippen molar-refractivity contribution in [1.29, 1.82) is 0 Å². The lowest BCUT2D eigenvalue weighted by Gasteiger charge is -2.10. The maximum Gasteiger partial charge on any atom is 0.171 e. The Morgan fingerprint density at radius 2 is 2.59 bits per heavy atom. The van der Waals surface area contributed by atoms with Gasteiger partial charge in [-0.05, 0) is 18.9 Å². The molecule has 92 valence electrons. The Labute approximate surface area is 104 Å². The van der Waals surface area contributed by atoms with Crippen LogP contribution < -0.4 is 5.73 Å². The van der Waals surface area contributed by atoms with Gasteiger partial charge in [0, 0.05) is 35.2 Å². The fourth-order valence-corrected chi connectivity index (χ4v) is 2.81. The number of aromatic nitrogens is 1. The second-order valence-corrected chi connectivity index (χ2v) is 4.86. The van der Waals surface area contributed by atoms with Crippen molar-refractivity contribution in [3.05, 3.63) is 24.0 Å². The fourth-order valence-electron chi connectivity index (χ4n) is 1.72. The van der Waals surface area contributed by atoms with Gasteiger partial charge in [0.05, 0.1) is 6.10 Å². The number of nitrogens with zero attached hydrogens (tertiary/aromatic N) is 2. The van der Waals surface area contributed by atoms with Crippen LogP contribution in [0.2, 0.25) is 0 Å². The monoisotopic (exact) mass is 253 g/mol. The average molecular weight is 253 g/mol. The topological polar surface area (TPSA) is 80.7 Å². The predicted molar refractivity (Wildman–Crippen MR) is 66.4 cm³/mol. The van der Waals surface area contributed by atoms with E-state index in [1.54, 1.807) is 30.2 Å². The van der Waals surface area contributed by atoms with Crippen LogP contribution in [0.1, 0.15) is 18.4 Å². The Bertz CT molecular complexity index is 405. The van der Waals surface area contributed by atoms with Crippen molar-refractivity contribution in [2.45, 2.75) is 23.8 Å². The Morgan fingerprint density at radius 3 is 3.29 bits per heavy atom. The number of thioether (sulfide) groups is 1. The number of hydrogen-bond acceptors (Lipinski definition) is 5. The molecule has 0 radical (unpaired) electrons. The van der Waals surface area contributed by atoms with E-state index in [0.29, 0.717) is 11.7 Å². The minimum atomic E-state index is 0.113. The molecule has 1 saturated heterocycles. The minimum absolute atomic E-state index is 0.113. The summed E-state index contributed by atoms with van der Waals surface area (Å²) in [4.78, 5) is 4.97. The zero-order valence-electron chi connectivity index (χ0n) is 9.37. The molecule has 0 aliphatic carbocycles. The van der Waals surface area contributed by atoms with E-state index in [4.69, 9.17) is 15.7 Å². The van der Waals surface area contributed by atoms with Gasteiger partial charge in [0.25, 0.3) is 0 Å². The second-order valence-electron chi connectivity index (χ2n) is 3.80. The van der Waals surface area contributed by atoms with Crippen LogP contribution in [-0.2, 0) is 4.74 Å². The van der Waals surface area contributed by atoms with Gasteiger partial charge in [0.2, 0.25) is 0 Å². The van der Waals surface area contributed by atoms with Gasteiger partial charge in [-0.3, -0.25) is 4.98 Å². The van der Waals surface area contributed by atoms with Gasteiger partial charge < -0.3 is 15.7 Å². The molecular formula is C11H15N3O2S. The number of nitrogens with two attached hydrogens (primary N) is 1. The SMILES string of the molecule is N/C(=N/O)c1ccncc1SCC1CCCO1. The molecule has 3 N–H and O–H groups in total. The third kappa shape index (κ3) is 3.10. The lowest BCUT2D eigenvalue weighted by Crippen LogP contribution is -2.15. The second kappa shape index (κ2) is 5.88. The van der Waals surface area contributed by atoms with Crippen molar-refractivity contribution < 1.29 is 9.94 Å². The minimum Gasteiger partial charge on any atom is -0.409 e. The fraction of sp³-hybridized carbons (Fsp3) is 0.455. The van der Waals surface area contributed by atoms with Crippen molar-refractivity contribution in [3.8, 4) is 0 Å². The highest BCUT2D eigenvalue weighted by Gasteiger charge is 2.17. The quantitative estimate of drug-likeness (QED) is 0.279. The maximum absolute atomic E-state index is 8.70. The third-order valence-corrected chi connectivity index (χ3v) is 3.79. The molecule has 2 rings (SSSR count). The number of ether oxygens (including phenoxy) is 1. The van der Waals surface area contributed by atoms with E-state index in [1.807, 2.05) is 0 Å². The summed E-state index contributed by atoms with van der Waals surface area (Å²) in [6, 6.07) is 1.74. The number of amidine groups is 1. The highest BCUT2D eigenvalue weighted by Crippen LogP contribution is 2.25. The third-order valence-electron chi connectivity index (χ3n) is 2.62. The summed E-state index contributed by atoms with van der Waals surface area (Å²) in [5.74, 6) is 0.986. The van der Waals surface area contributed by atoms with Gasteiger partial charge >= 0.3 is 0 Å². The molecular weight excluding hydrogens is 238 g/mol. The van der Waals surface area contributed by atoms with Crippen molar-refractivity contribution in [1.82, 2.24) is 4.98 Å². The molecule has 0 bridgehead atoms. The Hall–Kier alpha value is -1.27. The molecule has 0 spiro atoms. The number of pyridine rings is 1. The van der Waals surface area contributed by atoms with Crippen LogP contribution >= 0.6 is 11.8 Å². The molecule has 0 saturated carbocycles. The van der Waals surface area contributed by atoms with Crippen LogP contribution in [0.15, 0.2) is 28.5 Å². The van der Waals surface area contributed by atoms with E-state index in [-0.39, 0.29) is 5.84 Å². The van der Waals surface area contributed by atoms with Crippen molar-refractivity contribution in [2.75, 3.05) is 12.4 Å². The smallest absolute Gasteiger partial charge is 0.171 e. The predicted octanol–water partition coefficient (Wildman–Crippen LogP) is 1.45. The van der Waals surface area contributed by atoms with Crippen LogP contribution in [0.5, 0.6) is 0 Å². The first-order valence-corrected chi connectivity index (χ1v) is 6.46. The molecule has 1 fully saturated rings. The summed E-state index contributed by atoms with van der Waals surface area (Å²) in [5.41, 5.74) is 6.32. The lowest BCUT2D eigenvalue weighted by molar-refractivity contribution is 0.129. The van der Waals surface area contributed by atoms with Crippen LogP contribution in [0, 0.1) is 0 Å². The van der Waals surface area contributed by atoms with Crippen molar-refractivity contribution >= 4 is 17.6 Å².